The lowest BCUT2D eigenvalue weighted by molar-refractivity contribution is 0.102. The Hall–Kier alpha value is -3.32. The number of carbonyl (C=O) groups is 1. The Balaban J connectivity index is 1.84. The van der Waals surface area contributed by atoms with Crippen LogP contribution in [0, 0.1) is 20.8 Å². The van der Waals surface area contributed by atoms with Crippen molar-refractivity contribution in [1.29, 1.82) is 0 Å². The summed E-state index contributed by atoms with van der Waals surface area (Å²) in [5, 5.41) is 2.91. The molecule has 0 saturated heterocycles. The van der Waals surface area contributed by atoms with E-state index in [-0.39, 0.29) is 10.8 Å². The highest BCUT2D eigenvalue weighted by molar-refractivity contribution is 7.92. The predicted molar refractivity (Wildman–Crippen MR) is 124 cm³/mol. The number of aryl methyl sites for hydroxylation is 3. The fourth-order valence-electron chi connectivity index (χ4n) is 3.33. The molecule has 3 aromatic rings. The first-order chi connectivity index (χ1) is 14.6. The molecule has 0 aliphatic carbocycles. The number of benzene rings is 3. The summed E-state index contributed by atoms with van der Waals surface area (Å²) in [5.74, 6) is 0.333. The molecule has 0 atom stereocenters. The molecule has 0 saturated carbocycles. The summed E-state index contributed by atoms with van der Waals surface area (Å²) in [5.41, 5.74) is 4.48. The van der Waals surface area contributed by atoms with Gasteiger partial charge in [0.2, 0.25) is 0 Å². The van der Waals surface area contributed by atoms with Gasteiger partial charge in [0.25, 0.3) is 15.9 Å². The number of methoxy groups -OCH3 is 1. The molecule has 7 heteroatoms. The maximum atomic E-state index is 13.0. The van der Waals surface area contributed by atoms with E-state index in [1.165, 1.54) is 30.6 Å². The SMILES string of the molecule is COc1ccc(S(=O)(=O)N(C)c2ccc(C(=O)Nc3ccc(C)cc3C)cc2C)cc1. The molecule has 1 N–H and O–H groups in total. The van der Waals surface area contributed by atoms with Gasteiger partial charge in [0.15, 0.2) is 0 Å². The van der Waals surface area contributed by atoms with Crippen molar-refractivity contribution in [1.82, 2.24) is 0 Å². The first-order valence-electron chi connectivity index (χ1n) is 9.75. The van der Waals surface area contributed by atoms with Gasteiger partial charge < -0.3 is 10.1 Å². The Morgan fingerprint density at radius 1 is 0.903 bits per heavy atom. The number of anilines is 2. The molecule has 0 radical (unpaired) electrons. The predicted octanol–water partition coefficient (Wildman–Crippen LogP) is 4.70. The molecule has 3 rings (SSSR count). The zero-order valence-electron chi connectivity index (χ0n) is 18.3. The minimum absolute atomic E-state index is 0.159. The van der Waals surface area contributed by atoms with E-state index in [9.17, 15) is 13.2 Å². The number of hydrogen-bond acceptors (Lipinski definition) is 4. The van der Waals surface area contributed by atoms with E-state index in [0.29, 0.717) is 22.6 Å². The molecule has 162 valence electrons. The summed E-state index contributed by atoms with van der Waals surface area (Å²) in [6.45, 7) is 5.72. The summed E-state index contributed by atoms with van der Waals surface area (Å²) < 4.78 is 32.3. The van der Waals surface area contributed by atoms with Crippen LogP contribution in [-0.4, -0.2) is 28.5 Å². The highest BCUT2D eigenvalue weighted by Crippen LogP contribution is 2.27. The van der Waals surface area contributed by atoms with E-state index in [1.807, 2.05) is 32.0 Å². The van der Waals surface area contributed by atoms with Gasteiger partial charge in [-0.25, -0.2) is 8.42 Å². The standard InChI is InChI=1S/C24H26N2O4S/c1-16-6-12-22(17(2)14-16)25-24(27)19-7-13-23(18(3)15-19)26(4)31(28,29)21-10-8-20(30-5)9-11-21/h6-15H,1-5H3,(H,25,27). The maximum absolute atomic E-state index is 13.0. The lowest BCUT2D eigenvalue weighted by atomic mass is 10.1. The third-order valence-corrected chi connectivity index (χ3v) is 6.93. The van der Waals surface area contributed by atoms with Crippen LogP contribution < -0.4 is 14.4 Å². The summed E-state index contributed by atoms with van der Waals surface area (Å²) in [6.07, 6.45) is 0. The van der Waals surface area contributed by atoms with E-state index in [1.54, 1.807) is 37.3 Å². The van der Waals surface area contributed by atoms with Gasteiger partial charge in [-0.05, 0) is 80.4 Å². The van der Waals surface area contributed by atoms with Crippen molar-refractivity contribution in [2.24, 2.45) is 0 Å². The van der Waals surface area contributed by atoms with Crippen molar-refractivity contribution >= 4 is 27.3 Å². The normalized spacial score (nSPS) is 11.1. The van der Waals surface area contributed by atoms with Gasteiger partial charge in [-0.2, -0.15) is 0 Å². The average molecular weight is 439 g/mol. The zero-order chi connectivity index (χ0) is 22.8. The molecule has 0 aliphatic heterocycles. The quantitative estimate of drug-likeness (QED) is 0.605. The number of amides is 1. The first kappa shape index (κ1) is 22.4. The van der Waals surface area contributed by atoms with Gasteiger partial charge in [0.1, 0.15) is 5.75 Å². The van der Waals surface area contributed by atoms with Crippen molar-refractivity contribution in [3.8, 4) is 5.75 Å². The molecule has 0 spiro atoms. The first-order valence-corrected chi connectivity index (χ1v) is 11.2. The molecule has 3 aromatic carbocycles. The second-order valence-electron chi connectivity index (χ2n) is 7.42. The molecule has 1 amide bonds. The van der Waals surface area contributed by atoms with Gasteiger partial charge in [0.05, 0.1) is 17.7 Å². The van der Waals surface area contributed by atoms with Crippen molar-refractivity contribution < 1.29 is 17.9 Å². The van der Waals surface area contributed by atoms with Crippen molar-refractivity contribution in [2.45, 2.75) is 25.7 Å². The van der Waals surface area contributed by atoms with Crippen LogP contribution in [0.3, 0.4) is 0 Å². The smallest absolute Gasteiger partial charge is 0.264 e. The fourth-order valence-corrected chi connectivity index (χ4v) is 4.59. The number of nitrogens with one attached hydrogen (secondary N) is 1. The molecule has 0 bridgehead atoms. The van der Waals surface area contributed by atoms with E-state index < -0.39 is 10.0 Å². The van der Waals surface area contributed by atoms with Crippen LogP contribution in [0.4, 0.5) is 11.4 Å². The Labute approximate surface area is 183 Å². The Kier molecular flexibility index (Phi) is 6.36. The monoisotopic (exact) mass is 438 g/mol. The minimum atomic E-state index is -3.75. The van der Waals surface area contributed by atoms with E-state index in [2.05, 4.69) is 5.32 Å². The highest BCUT2D eigenvalue weighted by Gasteiger charge is 2.23. The fraction of sp³-hybridized carbons (Fsp3) is 0.208. The molecule has 0 aliphatic rings. The van der Waals surface area contributed by atoms with Crippen LogP contribution in [0.15, 0.2) is 65.6 Å². The molecule has 0 heterocycles. The molecule has 6 nitrogen and oxygen atoms in total. The van der Waals surface area contributed by atoms with Crippen molar-refractivity contribution in [2.75, 3.05) is 23.8 Å². The second kappa shape index (κ2) is 8.81. The minimum Gasteiger partial charge on any atom is -0.497 e. The molecule has 0 unspecified atom stereocenters. The number of sulfonamides is 1. The van der Waals surface area contributed by atoms with Crippen LogP contribution in [0.5, 0.6) is 5.75 Å². The largest absolute Gasteiger partial charge is 0.497 e. The van der Waals surface area contributed by atoms with Gasteiger partial charge in [-0.15, -0.1) is 0 Å². The van der Waals surface area contributed by atoms with Crippen molar-refractivity contribution in [3.63, 3.8) is 0 Å². The number of ether oxygens (including phenoxy) is 1. The lowest BCUT2D eigenvalue weighted by Gasteiger charge is -2.22. The van der Waals surface area contributed by atoms with E-state index >= 15 is 0 Å². The van der Waals surface area contributed by atoms with Gasteiger partial charge in [-0.1, -0.05) is 17.7 Å². The number of rotatable bonds is 6. The summed E-state index contributed by atoms with van der Waals surface area (Å²) in [4.78, 5) is 12.9. The third-order valence-electron chi connectivity index (χ3n) is 5.15. The summed E-state index contributed by atoms with van der Waals surface area (Å²) >= 11 is 0. The Bertz CT molecular complexity index is 1220. The Morgan fingerprint density at radius 3 is 2.16 bits per heavy atom. The van der Waals surface area contributed by atoms with E-state index in [4.69, 9.17) is 4.74 Å². The lowest BCUT2D eigenvalue weighted by Crippen LogP contribution is -2.27. The number of carbonyl (C=O) groups excluding carboxylic acids is 1. The van der Waals surface area contributed by atoms with Gasteiger partial charge in [-0.3, -0.25) is 9.10 Å². The number of hydrogen-bond donors (Lipinski definition) is 1. The Morgan fingerprint density at radius 2 is 1.58 bits per heavy atom. The highest BCUT2D eigenvalue weighted by atomic mass is 32.2. The molecular weight excluding hydrogens is 412 g/mol. The zero-order valence-corrected chi connectivity index (χ0v) is 19.1. The second-order valence-corrected chi connectivity index (χ2v) is 9.39. The molecule has 31 heavy (non-hydrogen) atoms. The van der Waals surface area contributed by atoms with E-state index in [0.717, 1.165) is 16.8 Å². The molecular formula is C24H26N2O4S. The number of nitrogens with zero attached hydrogens (tertiary/aromatic N) is 1. The van der Waals surface area contributed by atoms with Crippen LogP contribution >= 0.6 is 0 Å². The van der Waals surface area contributed by atoms with Crippen LogP contribution in [0.2, 0.25) is 0 Å². The summed E-state index contributed by atoms with van der Waals surface area (Å²) in [7, 11) is -0.732. The molecule has 0 aromatic heterocycles. The van der Waals surface area contributed by atoms with Crippen LogP contribution in [0.1, 0.15) is 27.0 Å². The summed E-state index contributed by atoms with van der Waals surface area (Å²) in [6, 6.07) is 17.0. The van der Waals surface area contributed by atoms with Gasteiger partial charge in [0, 0.05) is 18.3 Å². The van der Waals surface area contributed by atoms with Gasteiger partial charge >= 0.3 is 0 Å². The van der Waals surface area contributed by atoms with Crippen LogP contribution in [0.25, 0.3) is 0 Å². The third kappa shape index (κ3) is 4.72. The topological polar surface area (TPSA) is 75.7 Å². The average Bonchev–Trinajstić information content (AvgIpc) is 2.75. The van der Waals surface area contributed by atoms with Crippen molar-refractivity contribution in [3.05, 3.63) is 82.9 Å². The van der Waals surface area contributed by atoms with Crippen LogP contribution in [-0.2, 0) is 10.0 Å². The maximum Gasteiger partial charge on any atom is 0.264 e. The molecule has 0 fully saturated rings.